The smallest absolute Gasteiger partial charge is 1.00 e. The molecule has 0 bridgehead atoms. The summed E-state index contributed by atoms with van der Waals surface area (Å²) in [6.45, 7) is 2.00. The van der Waals surface area contributed by atoms with E-state index in [1.807, 2.05) is 19.2 Å². The van der Waals surface area contributed by atoms with Crippen LogP contribution in [0.3, 0.4) is 0 Å². The SMILES string of the molecule is Cc1[c-][nH]cc1.[Br-].[Br-].[Ru+3]. The Morgan fingerprint density at radius 2 is 2.00 bits per heavy atom. The minimum atomic E-state index is 0. The van der Waals surface area contributed by atoms with Crippen molar-refractivity contribution in [3.05, 3.63) is 24.0 Å². The molecule has 0 atom stereocenters. The number of halogens is 2. The summed E-state index contributed by atoms with van der Waals surface area (Å²) in [5.74, 6) is 0. The summed E-state index contributed by atoms with van der Waals surface area (Å²) in [7, 11) is 0. The number of H-pyrrole nitrogens is 1. The summed E-state index contributed by atoms with van der Waals surface area (Å²) >= 11 is 0. The largest absolute Gasteiger partial charge is 3.00 e. The summed E-state index contributed by atoms with van der Waals surface area (Å²) in [5.41, 5.74) is 1.16. The maximum Gasteiger partial charge on any atom is 3.00 e. The van der Waals surface area contributed by atoms with Gasteiger partial charge in [0.05, 0.1) is 0 Å². The number of aromatic nitrogens is 1. The first kappa shape index (κ1) is 16.4. The average molecular weight is 341 g/mol. The molecule has 0 aliphatic rings. The molecule has 1 rings (SSSR count). The topological polar surface area (TPSA) is 15.8 Å². The van der Waals surface area contributed by atoms with Crippen LogP contribution in [0.1, 0.15) is 5.56 Å². The molecule has 0 fully saturated rings. The Hall–Kier alpha value is 0.863. The third-order valence-corrected chi connectivity index (χ3v) is 0.686. The molecular weight excluding hydrogens is 335 g/mol. The van der Waals surface area contributed by atoms with Gasteiger partial charge in [-0.1, -0.05) is 6.92 Å². The van der Waals surface area contributed by atoms with Crippen LogP contribution in [0.15, 0.2) is 12.3 Å². The van der Waals surface area contributed by atoms with Gasteiger partial charge in [-0.3, -0.25) is 0 Å². The molecule has 0 saturated carbocycles. The summed E-state index contributed by atoms with van der Waals surface area (Å²) < 4.78 is 0. The van der Waals surface area contributed by atoms with E-state index in [0.29, 0.717) is 0 Å². The van der Waals surface area contributed by atoms with Crippen molar-refractivity contribution in [1.29, 1.82) is 0 Å². The minimum Gasteiger partial charge on any atom is -1.00 e. The predicted octanol–water partition coefficient (Wildman–Crippen LogP) is -4.87. The monoisotopic (exact) mass is 340 g/mol. The fraction of sp³-hybridized carbons (Fsp3) is 0.200. The molecule has 1 aromatic heterocycles. The Balaban J connectivity index is -0.000000120. The Morgan fingerprint density at radius 3 is 2.11 bits per heavy atom. The predicted molar refractivity (Wildman–Crippen MR) is 24.4 cm³/mol. The first-order valence-electron chi connectivity index (χ1n) is 1.91. The van der Waals surface area contributed by atoms with Gasteiger partial charge in [0.25, 0.3) is 0 Å². The van der Waals surface area contributed by atoms with E-state index in [0.717, 1.165) is 5.56 Å². The molecule has 0 amide bonds. The molecule has 4 heteroatoms. The number of hydrogen-bond donors (Lipinski definition) is 1. The molecule has 0 spiro atoms. The number of nitrogens with one attached hydrogen (secondary N) is 1. The van der Waals surface area contributed by atoms with Gasteiger partial charge in [-0.05, 0) is 0 Å². The zero-order chi connectivity index (χ0) is 4.41. The fourth-order valence-corrected chi connectivity index (χ4v) is 0.364. The van der Waals surface area contributed by atoms with Gasteiger partial charge in [0.1, 0.15) is 0 Å². The molecule has 1 aromatic rings. The van der Waals surface area contributed by atoms with Crippen molar-refractivity contribution in [2.75, 3.05) is 0 Å². The molecule has 0 saturated heterocycles. The van der Waals surface area contributed by atoms with Crippen molar-refractivity contribution in [2.45, 2.75) is 6.92 Å². The Kier molecular flexibility index (Phi) is 16.2. The van der Waals surface area contributed by atoms with Crippen molar-refractivity contribution in [3.8, 4) is 0 Å². The number of hydrogen-bond acceptors (Lipinski definition) is 0. The zero-order valence-electron chi connectivity index (χ0n) is 4.76. The van der Waals surface area contributed by atoms with Crippen molar-refractivity contribution in [1.82, 2.24) is 4.98 Å². The second-order valence-electron chi connectivity index (χ2n) is 1.29. The van der Waals surface area contributed by atoms with Gasteiger partial charge in [-0.15, -0.1) is 6.20 Å². The van der Waals surface area contributed by atoms with Crippen LogP contribution in [0.4, 0.5) is 0 Å². The second kappa shape index (κ2) is 8.86. The molecule has 1 radical (unpaired) electrons. The van der Waals surface area contributed by atoms with Crippen LogP contribution >= 0.6 is 0 Å². The van der Waals surface area contributed by atoms with Crippen LogP contribution in [-0.2, 0) is 19.5 Å². The molecular formula is C5H6Br2NRu. The van der Waals surface area contributed by atoms with E-state index < -0.39 is 0 Å². The summed E-state index contributed by atoms with van der Waals surface area (Å²) in [6, 6.07) is 1.97. The number of rotatable bonds is 0. The van der Waals surface area contributed by atoms with Gasteiger partial charge in [0.2, 0.25) is 0 Å². The van der Waals surface area contributed by atoms with Crippen LogP contribution in [0.5, 0.6) is 0 Å². The quantitative estimate of drug-likeness (QED) is 0.360. The summed E-state index contributed by atoms with van der Waals surface area (Å²) in [4.78, 5) is 2.80. The minimum absolute atomic E-state index is 0. The van der Waals surface area contributed by atoms with Crippen molar-refractivity contribution < 1.29 is 53.4 Å². The summed E-state index contributed by atoms with van der Waals surface area (Å²) in [5, 5.41) is 0. The third kappa shape index (κ3) is 6.75. The van der Waals surface area contributed by atoms with E-state index in [9.17, 15) is 0 Å². The molecule has 0 aliphatic carbocycles. The van der Waals surface area contributed by atoms with Gasteiger partial charge < -0.3 is 38.9 Å². The normalized spacial score (nSPS) is 5.89. The van der Waals surface area contributed by atoms with Crippen molar-refractivity contribution in [2.24, 2.45) is 0 Å². The van der Waals surface area contributed by atoms with Gasteiger partial charge in [-0.25, -0.2) is 0 Å². The van der Waals surface area contributed by atoms with Crippen molar-refractivity contribution in [3.63, 3.8) is 0 Å². The third-order valence-electron chi connectivity index (χ3n) is 0.686. The Bertz CT molecular complexity index is 119. The van der Waals surface area contributed by atoms with E-state index >= 15 is 0 Å². The molecule has 0 unspecified atom stereocenters. The Morgan fingerprint density at radius 1 is 1.44 bits per heavy atom. The molecule has 9 heavy (non-hydrogen) atoms. The maximum atomic E-state index is 2.88. The van der Waals surface area contributed by atoms with Crippen LogP contribution in [0, 0.1) is 13.1 Å². The van der Waals surface area contributed by atoms with Crippen LogP contribution in [-0.4, -0.2) is 4.98 Å². The molecule has 0 aromatic carbocycles. The van der Waals surface area contributed by atoms with E-state index in [1.165, 1.54) is 0 Å². The first-order chi connectivity index (χ1) is 2.89. The molecule has 1 nitrogen and oxygen atoms in total. The second-order valence-corrected chi connectivity index (χ2v) is 1.29. The number of aryl methyl sites for hydroxylation is 1. The van der Waals surface area contributed by atoms with E-state index in [2.05, 4.69) is 11.2 Å². The van der Waals surface area contributed by atoms with E-state index in [-0.39, 0.29) is 53.4 Å². The van der Waals surface area contributed by atoms with Gasteiger partial charge in [0, 0.05) is 0 Å². The van der Waals surface area contributed by atoms with E-state index in [1.54, 1.807) is 0 Å². The standard InChI is InChI=1S/C5H6N.2BrH.Ru/c1-5-2-3-6-4-5;;;/h2-3,6H,1H3;2*1H;/q-1;;;+3/p-2. The molecule has 1 heterocycles. The summed E-state index contributed by atoms with van der Waals surface area (Å²) in [6.07, 6.45) is 4.73. The van der Waals surface area contributed by atoms with Crippen LogP contribution < -0.4 is 34.0 Å². The van der Waals surface area contributed by atoms with Crippen LogP contribution in [0.25, 0.3) is 0 Å². The molecule has 53 valence electrons. The van der Waals surface area contributed by atoms with Crippen molar-refractivity contribution >= 4 is 0 Å². The maximum absolute atomic E-state index is 2.88. The fourth-order valence-electron chi connectivity index (χ4n) is 0.364. The first-order valence-corrected chi connectivity index (χ1v) is 1.91. The zero-order valence-corrected chi connectivity index (χ0v) is 9.67. The van der Waals surface area contributed by atoms with Gasteiger partial charge in [0.15, 0.2) is 0 Å². The molecule has 1 N–H and O–H groups in total. The van der Waals surface area contributed by atoms with Gasteiger partial charge in [-0.2, -0.15) is 17.8 Å². The average Bonchev–Trinajstić information content (AvgIpc) is 1.86. The van der Waals surface area contributed by atoms with Crippen LogP contribution in [0.2, 0.25) is 0 Å². The van der Waals surface area contributed by atoms with Gasteiger partial charge >= 0.3 is 19.5 Å². The Labute approximate surface area is 88.9 Å². The number of aromatic amines is 1. The molecule has 0 aliphatic heterocycles. The van der Waals surface area contributed by atoms with E-state index in [4.69, 9.17) is 0 Å².